The van der Waals surface area contributed by atoms with Crippen LogP contribution in [0.3, 0.4) is 0 Å². The average Bonchev–Trinajstić information content (AvgIpc) is 2.46. The van der Waals surface area contributed by atoms with E-state index in [-0.39, 0.29) is 0 Å². The van der Waals surface area contributed by atoms with Gasteiger partial charge in [-0.2, -0.15) is 0 Å². The lowest BCUT2D eigenvalue weighted by molar-refractivity contribution is 0.0203. The van der Waals surface area contributed by atoms with Crippen LogP contribution in [0, 0.1) is 0 Å². The Kier molecular flexibility index (Phi) is 5.93. The van der Waals surface area contributed by atoms with Crippen LogP contribution in [0.5, 0.6) is 0 Å². The van der Waals surface area contributed by atoms with Crippen molar-refractivity contribution in [3.05, 3.63) is 0 Å². The Bertz CT molecular complexity index is 221. The maximum atomic E-state index is 5.46. The summed E-state index contributed by atoms with van der Waals surface area (Å²) in [6, 6.07) is 2.36. The van der Waals surface area contributed by atoms with E-state index in [1.54, 1.807) is 0 Å². The molecule has 3 heteroatoms. The van der Waals surface area contributed by atoms with Crippen molar-refractivity contribution in [3.63, 3.8) is 0 Å². The standard InChI is InChI=1S/C15H30N2O/c1-3-10-16-13-4-6-14(7-5-13)17(2)15-8-11-18-12-9-15/h13-16H,3-12H2,1-2H3. The Hall–Kier alpha value is -0.120. The molecule has 3 nitrogen and oxygen atoms in total. The molecule has 1 aliphatic heterocycles. The molecule has 0 aromatic heterocycles. The lowest BCUT2D eigenvalue weighted by Crippen LogP contribution is -2.46. The van der Waals surface area contributed by atoms with E-state index >= 15 is 0 Å². The highest BCUT2D eigenvalue weighted by Gasteiger charge is 2.28. The van der Waals surface area contributed by atoms with E-state index in [1.807, 2.05) is 0 Å². The smallest absolute Gasteiger partial charge is 0.0480 e. The van der Waals surface area contributed by atoms with Crippen molar-refractivity contribution in [2.75, 3.05) is 26.8 Å². The predicted molar refractivity (Wildman–Crippen MR) is 75.9 cm³/mol. The van der Waals surface area contributed by atoms with Crippen molar-refractivity contribution in [1.29, 1.82) is 0 Å². The monoisotopic (exact) mass is 254 g/mol. The van der Waals surface area contributed by atoms with E-state index in [0.29, 0.717) is 0 Å². The zero-order valence-electron chi connectivity index (χ0n) is 12.2. The normalized spacial score (nSPS) is 30.8. The van der Waals surface area contributed by atoms with E-state index < -0.39 is 0 Å². The Morgan fingerprint density at radius 1 is 1.00 bits per heavy atom. The number of hydrogen-bond donors (Lipinski definition) is 1. The van der Waals surface area contributed by atoms with Crippen LogP contribution in [0.15, 0.2) is 0 Å². The second kappa shape index (κ2) is 7.46. The Balaban J connectivity index is 1.71. The second-order valence-corrected chi connectivity index (χ2v) is 5.97. The second-order valence-electron chi connectivity index (χ2n) is 5.97. The summed E-state index contributed by atoms with van der Waals surface area (Å²) in [4.78, 5) is 2.65. The molecule has 0 aromatic rings. The molecule has 1 saturated carbocycles. The largest absolute Gasteiger partial charge is 0.381 e. The highest BCUT2D eigenvalue weighted by Crippen LogP contribution is 2.26. The first-order chi connectivity index (χ1) is 8.81. The van der Waals surface area contributed by atoms with Crippen molar-refractivity contribution < 1.29 is 4.74 Å². The number of nitrogens with one attached hydrogen (secondary N) is 1. The Morgan fingerprint density at radius 3 is 2.22 bits per heavy atom. The van der Waals surface area contributed by atoms with E-state index in [4.69, 9.17) is 4.74 Å². The maximum absolute atomic E-state index is 5.46. The van der Waals surface area contributed by atoms with Crippen molar-refractivity contribution in [2.45, 2.75) is 70.0 Å². The number of rotatable bonds is 5. The van der Waals surface area contributed by atoms with E-state index in [2.05, 4.69) is 24.2 Å². The topological polar surface area (TPSA) is 24.5 Å². The Morgan fingerprint density at radius 2 is 1.61 bits per heavy atom. The molecular weight excluding hydrogens is 224 g/mol. The van der Waals surface area contributed by atoms with E-state index in [1.165, 1.54) is 51.5 Å². The molecule has 0 radical (unpaired) electrons. The van der Waals surface area contributed by atoms with Gasteiger partial charge in [-0.15, -0.1) is 0 Å². The van der Waals surface area contributed by atoms with Gasteiger partial charge in [-0.05, 0) is 58.5 Å². The molecule has 1 heterocycles. The first kappa shape index (κ1) is 14.3. The zero-order valence-corrected chi connectivity index (χ0v) is 12.2. The highest BCUT2D eigenvalue weighted by molar-refractivity contribution is 4.85. The highest BCUT2D eigenvalue weighted by atomic mass is 16.5. The van der Waals surface area contributed by atoms with Crippen LogP contribution in [0.25, 0.3) is 0 Å². The number of ether oxygens (including phenoxy) is 1. The molecule has 2 aliphatic rings. The van der Waals surface area contributed by atoms with Gasteiger partial charge in [-0.1, -0.05) is 6.92 Å². The molecule has 0 unspecified atom stereocenters. The van der Waals surface area contributed by atoms with Gasteiger partial charge in [-0.25, -0.2) is 0 Å². The quantitative estimate of drug-likeness (QED) is 0.815. The molecule has 18 heavy (non-hydrogen) atoms. The van der Waals surface area contributed by atoms with Gasteiger partial charge in [0.25, 0.3) is 0 Å². The Labute approximate surface area is 112 Å². The molecule has 106 valence electrons. The minimum Gasteiger partial charge on any atom is -0.381 e. The molecule has 2 rings (SSSR count). The SMILES string of the molecule is CCCNC1CCC(N(C)C2CCOCC2)CC1. The van der Waals surface area contributed by atoms with Crippen molar-refractivity contribution in [2.24, 2.45) is 0 Å². The summed E-state index contributed by atoms with van der Waals surface area (Å²) in [5.74, 6) is 0. The first-order valence-electron chi connectivity index (χ1n) is 7.84. The summed E-state index contributed by atoms with van der Waals surface area (Å²) in [5.41, 5.74) is 0. The summed E-state index contributed by atoms with van der Waals surface area (Å²) in [7, 11) is 2.33. The van der Waals surface area contributed by atoms with Crippen molar-refractivity contribution in [1.82, 2.24) is 10.2 Å². The summed E-state index contributed by atoms with van der Waals surface area (Å²) >= 11 is 0. The summed E-state index contributed by atoms with van der Waals surface area (Å²) in [6.07, 6.45) is 9.16. The fourth-order valence-electron chi connectivity index (χ4n) is 3.43. The number of hydrogen-bond acceptors (Lipinski definition) is 3. The third-order valence-corrected chi connectivity index (χ3v) is 4.72. The minimum atomic E-state index is 0.768. The fourth-order valence-corrected chi connectivity index (χ4v) is 3.43. The van der Waals surface area contributed by atoms with Crippen molar-refractivity contribution >= 4 is 0 Å². The maximum Gasteiger partial charge on any atom is 0.0480 e. The molecule has 0 bridgehead atoms. The molecule has 1 N–H and O–H groups in total. The van der Waals surface area contributed by atoms with Gasteiger partial charge >= 0.3 is 0 Å². The van der Waals surface area contributed by atoms with Gasteiger partial charge in [0.15, 0.2) is 0 Å². The van der Waals surface area contributed by atoms with Gasteiger partial charge in [0.1, 0.15) is 0 Å². The van der Waals surface area contributed by atoms with Crippen LogP contribution in [0.2, 0.25) is 0 Å². The molecule has 0 amide bonds. The third-order valence-electron chi connectivity index (χ3n) is 4.72. The van der Waals surface area contributed by atoms with Gasteiger partial charge in [-0.3, -0.25) is 0 Å². The molecule has 0 atom stereocenters. The van der Waals surface area contributed by atoms with Crippen LogP contribution < -0.4 is 5.32 Å². The van der Waals surface area contributed by atoms with Crippen LogP contribution in [0.4, 0.5) is 0 Å². The van der Waals surface area contributed by atoms with Gasteiger partial charge < -0.3 is 15.0 Å². The third kappa shape index (κ3) is 3.94. The van der Waals surface area contributed by atoms with Gasteiger partial charge in [0.05, 0.1) is 0 Å². The van der Waals surface area contributed by atoms with Crippen LogP contribution in [0.1, 0.15) is 51.9 Å². The zero-order chi connectivity index (χ0) is 12.8. The van der Waals surface area contributed by atoms with Crippen LogP contribution in [-0.2, 0) is 4.74 Å². The first-order valence-corrected chi connectivity index (χ1v) is 7.84. The predicted octanol–water partition coefficient (Wildman–Crippen LogP) is 2.41. The molecular formula is C15H30N2O. The summed E-state index contributed by atoms with van der Waals surface area (Å²) in [5, 5.41) is 3.67. The molecule has 1 aliphatic carbocycles. The lowest BCUT2D eigenvalue weighted by Gasteiger charge is -2.40. The molecule has 1 saturated heterocycles. The van der Waals surface area contributed by atoms with Gasteiger partial charge in [0.2, 0.25) is 0 Å². The average molecular weight is 254 g/mol. The number of nitrogens with zero attached hydrogens (tertiary/aromatic N) is 1. The summed E-state index contributed by atoms with van der Waals surface area (Å²) < 4.78 is 5.46. The summed E-state index contributed by atoms with van der Waals surface area (Å²) in [6.45, 7) is 5.35. The molecule has 0 aromatic carbocycles. The minimum absolute atomic E-state index is 0.768. The lowest BCUT2D eigenvalue weighted by atomic mass is 9.89. The van der Waals surface area contributed by atoms with Crippen molar-refractivity contribution in [3.8, 4) is 0 Å². The molecule has 0 spiro atoms. The van der Waals surface area contributed by atoms with Crippen LogP contribution in [-0.4, -0.2) is 49.8 Å². The van der Waals surface area contributed by atoms with Gasteiger partial charge in [0, 0.05) is 31.3 Å². The fraction of sp³-hybridized carbons (Fsp3) is 1.00. The van der Waals surface area contributed by atoms with E-state index in [9.17, 15) is 0 Å². The molecule has 2 fully saturated rings. The van der Waals surface area contributed by atoms with Crippen LogP contribution >= 0.6 is 0 Å². The van der Waals surface area contributed by atoms with E-state index in [0.717, 1.165) is 31.3 Å².